The highest BCUT2D eigenvalue weighted by Crippen LogP contribution is 2.14. The number of aromatic carboxylic acids is 1. The van der Waals surface area contributed by atoms with E-state index in [1.54, 1.807) is 6.20 Å². The summed E-state index contributed by atoms with van der Waals surface area (Å²) in [6.45, 7) is 4.23. The second-order valence-corrected chi connectivity index (χ2v) is 4.05. The van der Waals surface area contributed by atoms with Gasteiger partial charge in [0.1, 0.15) is 5.82 Å². The summed E-state index contributed by atoms with van der Waals surface area (Å²) >= 11 is 0. The van der Waals surface area contributed by atoms with E-state index in [-0.39, 0.29) is 11.8 Å². The second kappa shape index (κ2) is 5.09. The summed E-state index contributed by atoms with van der Waals surface area (Å²) in [6, 6.07) is 0. The molecule has 6 nitrogen and oxygen atoms in total. The molecule has 92 valence electrons. The van der Waals surface area contributed by atoms with Crippen LogP contribution in [0.25, 0.3) is 0 Å². The second-order valence-electron chi connectivity index (χ2n) is 4.05. The van der Waals surface area contributed by atoms with Crippen LogP contribution >= 0.6 is 0 Å². The van der Waals surface area contributed by atoms with E-state index in [1.807, 2.05) is 11.8 Å². The van der Waals surface area contributed by atoms with Gasteiger partial charge in [0.25, 0.3) is 0 Å². The van der Waals surface area contributed by atoms with Crippen LogP contribution in [0.1, 0.15) is 23.8 Å². The fourth-order valence-corrected chi connectivity index (χ4v) is 1.81. The predicted molar refractivity (Wildman–Crippen MR) is 61.2 cm³/mol. The van der Waals surface area contributed by atoms with Crippen molar-refractivity contribution in [1.82, 2.24) is 9.97 Å². The van der Waals surface area contributed by atoms with Crippen molar-refractivity contribution in [3.05, 3.63) is 18.1 Å². The number of carboxylic acids is 1. The zero-order valence-corrected chi connectivity index (χ0v) is 9.67. The average Bonchev–Trinajstić information content (AvgIpc) is 2.54. The van der Waals surface area contributed by atoms with Crippen LogP contribution < -0.4 is 4.90 Å². The largest absolute Gasteiger partial charge is 0.476 e. The van der Waals surface area contributed by atoms with Crippen LogP contribution in [-0.4, -0.2) is 46.8 Å². The standard InChI is InChI=1S/C11H15N3O3/c1-8-7-14(3-2-4-17-8)10-6-12-5-9(13-10)11(15)16/h5-6,8H,2-4,7H2,1H3,(H,15,16). The lowest BCUT2D eigenvalue weighted by molar-refractivity contribution is 0.0690. The number of hydrogen-bond donors (Lipinski definition) is 1. The monoisotopic (exact) mass is 237 g/mol. The van der Waals surface area contributed by atoms with Crippen molar-refractivity contribution in [3.63, 3.8) is 0 Å². The Morgan fingerprint density at radius 3 is 3.18 bits per heavy atom. The fraction of sp³-hybridized carbons (Fsp3) is 0.545. The number of hydrogen-bond acceptors (Lipinski definition) is 5. The highest BCUT2D eigenvalue weighted by atomic mass is 16.5. The van der Waals surface area contributed by atoms with Crippen molar-refractivity contribution in [1.29, 1.82) is 0 Å². The van der Waals surface area contributed by atoms with Gasteiger partial charge >= 0.3 is 5.97 Å². The fourth-order valence-electron chi connectivity index (χ4n) is 1.81. The molecule has 0 bridgehead atoms. The number of carboxylic acid groups (broad SMARTS) is 1. The van der Waals surface area contributed by atoms with Gasteiger partial charge in [-0.1, -0.05) is 0 Å². The summed E-state index contributed by atoms with van der Waals surface area (Å²) in [5.41, 5.74) is -0.0275. The Labute approximate surface area is 99.2 Å². The van der Waals surface area contributed by atoms with E-state index in [0.717, 1.165) is 19.6 Å². The van der Waals surface area contributed by atoms with Crippen LogP contribution in [0, 0.1) is 0 Å². The van der Waals surface area contributed by atoms with Crippen LogP contribution in [0.15, 0.2) is 12.4 Å². The molecule has 0 spiro atoms. The van der Waals surface area contributed by atoms with Crippen molar-refractivity contribution >= 4 is 11.8 Å². The molecule has 1 aliphatic rings. The van der Waals surface area contributed by atoms with E-state index in [4.69, 9.17) is 9.84 Å². The molecule has 0 aliphatic carbocycles. The molecule has 0 radical (unpaired) electrons. The van der Waals surface area contributed by atoms with Gasteiger partial charge in [-0.25, -0.2) is 9.78 Å². The SMILES string of the molecule is CC1CN(c2cncc(C(=O)O)n2)CCCO1. The number of aromatic nitrogens is 2. The minimum atomic E-state index is -1.06. The Kier molecular flexibility index (Phi) is 3.53. The Bertz CT molecular complexity index is 411. The van der Waals surface area contributed by atoms with Crippen LogP contribution in [0.3, 0.4) is 0 Å². The molecule has 1 aliphatic heterocycles. The van der Waals surface area contributed by atoms with Gasteiger partial charge in [-0.2, -0.15) is 0 Å². The molecule has 1 unspecified atom stereocenters. The molecule has 1 aromatic heterocycles. The first-order chi connectivity index (χ1) is 8.16. The van der Waals surface area contributed by atoms with E-state index in [0.29, 0.717) is 12.4 Å². The Balaban J connectivity index is 2.20. The molecule has 0 amide bonds. The van der Waals surface area contributed by atoms with Gasteiger partial charge in [0.2, 0.25) is 0 Å². The van der Waals surface area contributed by atoms with Crippen LogP contribution in [-0.2, 0) is 4.74 Å². The topological polar surface area (TPSA) is 75.6 Å². The van der Waals surface area contributed by atoms with Crippen molar-refractivity contribution in [2.75, 3.05) is 24.6 Å². The molecular weight excluding hydrogens is 222 g/mol. The lowest BCUT2D eigenvalue weighted by atomic mass is 10.3. The Hall–Kier alpha value is -1.69. The van der Waals surface area contributed by atoms with Gasteiger partial charge in [-0.3, -0.25) is 4.98 Å². The van der Waals surface area contributed by atoms with Gasteiger partial charge < -0.3 is 14.7 Å². The number of carbonyl (C=O) groups is 1. The maximum absolute atomic E-state index is 10.8. The summed E-state index contributed by atoms with van der Waals surface area (Å²) < 4.78 is 5.53. The highest BCUT2D eigenvalue weighted by Gasteiger charge is 2.17. The predicted octanol–water partition coefficient (Wildman–Crippen LogP) is 0.790. The van der Waals surface area contributed by atoms with Crippen LogP contribution in [0.5, 0.6) is 0 Å². The maximum atomic E-state index is 10.8. The van der Waals surface area contributed by atoms with Crippen molar-refractivity contribution in [2.24, 2.45) is 0 Å². The number of ether oxygens (including phenoxy) is 1. The van der Waals surface area contributed by atoms with E-state index < -0.39 is 5.97 Å². The lowest BCUT2D eigenvalue weighted by Gasteiger charge is -2.22. The quantitative estimate of drug-likeness (QED) is 0.819. The summed E-state index contributed by atoms with van der Waals surface area (Å²) in [6.07, 6.45) is 3.87. The zero-order chi connectivity index (χ0) is 12.3. The summed E-state index contributed by atoms with van der Waals surface area (Å²) in [5, 5.41) is 8.87. The third-order valence-corrected chi connectivity index (χ3v) is 2.62. The molecule has 1 N–H and O–H groups in total. The van der Waals surface area contributed by atoms with Crippen LogP contribution in [0.2, 0.25) is 0 Å². The van der Waals surface area contributed by atoms with E-state index in [1.165, 1.54) is 6.20 Å². The number of rotatable bonds is 2. The highest BCUT2D eigenvalue weighted by molar-refractivity contribution is 5.85. The minimum absolute atomic E-state index is 0.0275. The first-order valence-electron chi connectivity index (χ1n) is 5.58. The normalized spacial score (nSPS) is 21.0. The first-order valence-corrected chi connectivity index (χ1v) is 5.58. The van der Waals surface area contributed by atoms with Crippen LogP contribution in [0.4, 0.5) is 5.82 Å². The number of nitrogens with zero attached hydrogens (tertiary/aromatic N) is 3. The summed E-state index contributed by atoms with van der Waals surface area (Å²) in [4.78, 5) is 20.8. The van der Waals surface area contributed by atoms with Gasteiger partial charge in [0, 0.05) is 19.7 Å². The number of anilines is 1. The lowest BCUT2D eigenvalue weighted by Crippen LogP contribution is -2.31. The van der Waals surface area contributed by atoms with Crippen molar-refractivity contribution in [3.8, 4) is 0 Å². The minimum Gasteiger partial charge on any atom is -0.476 e. The molecule has 1 fully saturated rings. The summed E-state index contributed by atoms with van der Waals surface area (Å²) in [5.74, 6) is -0.458. The molecule has 0 saturated carbocycles. The molecule has 17 heavy (non-hydrogen) atoms. The maximum Gasteiger partial charge on any atom is 0.356 e. The molecule has 6 heteroatoms. The van der Waals surface area contributed by atoms with Gasteiger partial charge in [0.15, 0.2) is 5.69 Å². The van der Waals surface area contributed by atoms with Gasteiger partial charge in [-0.05, 0) is 13.3 Å². The molecule has 1 atom stereocenters. The zero-order valence-electron chi connectivity index (χ0n) is 9.67. The van der Waals surface area contributed by atoms with Crippen molar-refractivity contribution < 1.29 is 14.6 Å². The molecule has 2 heterocycles. The van der Waals surface area contributed by atoms with E-state index in [9.17, 15) is 4.79 Å². The smallest absolute Gasteiger partial charge is 0.356 e. The third-order valence-electron chi connectivity index (χ3n) is 2.62. The third kappa shape index (κ3) is 2.91. The molecule has 1 aromatic rings. The van der Waals surface area contributed by atoms with E-state index >= 15 is 0 Å². The Morgan fingerprint density at radius 2 is 2.41 bits per heavy atom. The van der Waals surface area contributed by atoms with Gasteiger partial charge in [-0.15, -0.1) is 0 Å². The van der Waals surface area contributed by atoms with Gasteiger partial charge in [0.05, 0.1) is 18.5 Å². The average molecular weight is 237 g/mol. The van der Waals surface area contributed by atoms with E-state index in [2.05, 4.69) is 9.97 Å². The summed E-state index contributed by atoms with van der Waals surface area (Å²) in [7, 11) is 0. The molecule has 1 saturated heterocycles. The molecule has 0 aromatic carbocycles. The first kappa shape index (κ1) is 11.8. The Morgan fingerprint density at radius 1 is 1.59 bits per heavy atom. The van der Waals surface area contributed by atoms with Crippen molar-refractivity contribution in [2.45, 2.75) is 19.4 Å². The molecule has 2 rings (SSSR count). The molecular formula is C11H15N3O3.